The molecule has 5 fully saturated rings. The van der Waals surface area contributed by atoms with Crippen molar-refractivity contribution in [3.05, 3.63) is 34.9 Å². The summed E-state index contributed by atoms with van der Waals surface area (Å²) in [6.07, 6.45) is 11.2. The van der Waals surface area contributed by atoms with Crippen molar-refractivity contribution in [2.45, 2.75) is 75.8 Å². The molecule has 6 rings (SSSR count). The first-order chi connectivity index (χ1) is 13.0. The van der Waals surface area contributed by atoms with Crippen LogP contribution in [-0.4, -0.2) is 37.1 Å². The SMILES string of the molecule is CC(NC1CCN(C)CC1)C12CC3CC(CC(c4ccc(Cl)cc4)(C3)C1)C2. The second-order valence-electron chi connectivity index (χ2n) is 10.6. The van der Waals surface area contributed by atoms with E-state index >= 15 is 0 Å². The van der Waals surface area contributed by atoms with Crippen LogP contribution in [0, 0.1) is 17.3 Å². The molecule has 1 saturated heterocycles. The Morgan fingerprint density at radius 2 is 1.67 bits per heavy atom. The molecule has 148 valence electrons. The Hall–Kier alpha value is -0.570. The van der Waals surface area contributed by atoms with Gasteiger partial charge in [0, 0.05) is 17.1 Å². The van der Waals surface area contributed by atoms with E-state index in [4.69, 9.17) is 11.6 Å². The van der Waals surface area contributed by atoms with Gasteiger partial charge in [-0.3, -0.25) is 0 Å². The minimum atomic E-state index is 0.414. The van der Waals surface area contributed by atoms with E-state index in [0.29, 0.717) is 16.9 Å². The van der Waals surface area contributed by atoms with E-state index in [-0.39, 0.29) is 0 Å². The smallest absolute Gasteiger partial charge is 0.0406 e. The molecule has 27 heavy (non-hydrogen) atoms. The van der Waals surface area contributed by atoms with Gasteiger partial charge in [-0.15, -0.1) is 0 Å². The van der Waals surface area contributed by atoms with Crippen molar-refractivity contribution in [2.24, 2.45) is 17.3 Å². The van der Waals surface area contributed by atoms with Crippen LogP contribution in [-0.2, 0) is 5.41 Å². The van der Waals surface area contributed by atoms with E-state index < -0.39 is 0 Å². The third-order valence-corrected chi connectivity index (χ3v) is 8.94. The van der Waals surface area contributed by atoms with Gasteiger partial charge in [0.1, 0.15) is 0 Å². The zero-order valence-corrected chi connectivity index (χ0v) is 17.8. The molecule has 1 N–H and O–H groups in total. The molecule has 4 saturated carbocycles. The van der Waals surface area contributed by atoms with Gasteiger partial charge < -0.3 is 10.2 Å². The first-order valence-electron chi connectivity index (χ1n) is 11.2. The molecular formula is C24H35ClN2. The Morgan fingerprint density at radius 1 is 1.04 bits per heavy atom. The minimum absolute atomic E-state index is 0.414. The molecule has 1 aromatic carbocycles. The number of benzene rings is 1. The number of nitrogens with zero attached hydrogens (tertiary/aromatic N) is 1. The van der Waals surface area contributed by atoms with Crippen molar-refractivity contribution in [3.8, 4) is 0 Å². The number of hydrogen-bond acceptors (Lipinski definition) is 2. The molecule has 2 nitrogen and oxygen atoms in total. The highest BCUT2D eigenvalue weighted by atomic mass is 35.5. The van der Waals surface area contributed by atoms with Crippen molar-refractivity contribution < 1.29 is 0 Å². The van der Waals surface area contributed by atoms with E-state index in [1.54, 1.807) is 5.56 Å². The van der Waals surface area contributed by atoms with E-state index in [0.717, 1.165) is 22.9 Å². The summed E-state index contributed by atoms with van der Waals surface area (Å²) in [6.45, 7) is 5.01. The van der Waals surface area contributed by atoms with Crippen LogP contribution in [0.25, 0.3) is 0 Å². The average Bonchev–Trinajstić information content (AvgIpc) is 2.63. The second kappa shape index (κ2) is 6.75. The quantitative estimate of drug-likeness (QED) is 0.760. The Kier molecular flexibility index (Phi) is 4.61. The first-order valence-corrected chi connectivity index (χ1v) is 11.5. The van der Waals surface area contributed by atoms with Crippen LogP contribution in [0.1, 0.15) is 63.9 Å². The molecule has 4 bridgehead atoms. The number of halogens is 1. The lowest BCUT2D eigenvalue weighted by Crippen LogP contribution is -2.61. The number of nitrogens with one attached hydrogen (secondary N) is 1. The molecule has 0 aromatic heterocycles. The van der Waals surface area contributed by atoms with Gasteiger partial charge in [-0.25, -0.2) is 0 Å². The van der Waals surface area contributed by atoms with Gasteiger partial charge in [-0.05, 0) is 119 Å². The summed E-state index contributed by atoms with van der Waals surface area (Å²) < 4.78 is 0. The van der Waals surface area contributed by atoms with Crippen LogP contribution in [0.2, 0.25) is 5.02 Å². The summed E-state index contributed by atoms with van der Waals surface area (Å²) in [7, 11) is 2.26. The van der Waals surface area contributed by atoms with Crippen molar-refractivity contribution in [3.63, 3.8) is 0 Å². The average molecular weight is 387 g/mol. The van der Waals surface area contributed by atoms with E-state index in [9.17, 15) is 0 Å². The van der Waals surface area contributed by atoms with Crippen LogP contribution < -0.4 is 5.32 Å². The van der Waals surface area contributed by atoms with E-state index in [1.807, 2.05) is 0 Å². The fourth-order valence-corrected chi connectivity index (χ4v) is 7.81. The lowest BCUT2D eigenvalue weighted by atomic mass is 9.41. The fourth-order valence-electron chi connectivity index (χ4n) is 7.69. The molecule has 1 aromatic rings. The number of hydrogen-bond donors (Lipinski definition) is 1. The van der Waals surface area contributed by atoms with Crippen LogP contribution in [0.5, 0.6) is 0 Å². The Labute approximate surface area is 170 Å². The molecule has 0 amide bonds. The molecule has 0 radical (unpaired) electrons. The number of rotatable bonds is 4. The lowest BCUT2D eigenvalue weighted by molar-refractivity contribution is -0.0903. The van der Waals surface area contributed by atoms with Crippen molar-refractivity contribution in [1.82, 2.24) is 10.2 Å². The third-order valence-electron chi connectivity index (χ3n) is 8.69. The molecule has 1 heterocycles. The van der Waals surface area contributed by atoms with Crippen molar-refractivity contribution >= 4 is 11.6 Å². The predicted molar refractivity (Wildman–Crippen MR) is 113 cm³/mol. The maximum Gasteiger partial charge on any atom is 0.0406 e. The summed E-state index contributed by atoms with van der Waals surface area (Å²) in [4.78, 5) is 2.48. The Balaban J connectivity index is 1.38. The topological polar surface area (TPSA) is 15.3 Å². The van der Waals surface area contributed by atoms with Gasteiger partial charge in [0.05, 0.1) is 0 Å². The summed E-state index contributed by atoms with van der Waals surface area (Å²) in [5.41, 5.74) is 2.49. The molecular weight excluding hydrogens is 352 g/mol. The van der Waals surface area contributed by atoms with Gasteiger partial charge in [0.2, 0.25) is 0 Å². The molecule has 1 aliphatic heterocycles. The van der Waals surface area contributed by atoms with Gasteiger partial charge in [0.25, 0.3) is 0 Å². The van der Waals surface area contributed by atoms with Gasteiger partial charge in [0.15, 0.2) is 0 Å². The zero-order chi connectivity index (χ0) is 18.6. The molecule has 3 heteroatoms. The number of likely N-dealkylation sites (tertiary alicyclic amines) is 1. The highest BCUT2D eigenvalue weighted by Gasteiger charge is 2.59. The summed E-state index contributed by atoms with van der Waals surface area (Å²) in [5.74, 6) is 1.87. The maximum absolute atomic E-state index is 6.20. The number of piperidine rings is 1. The highest BCUT2D eigenvalue weighted by Crippen LogP contribution is 2.66. The second-order valence-corrected chi connectivity index (χ2v) is 11.0. The maximum atomic E-state index is 6.20. The first kappa shape index (κ1) is 18.5. The largest absolute Gasteiger partial charge is 0.311 e. The Morgan fingerprint density at radius 3 is 2.30 bits per heavy atom. The minimum Gasteiger partial charge on any atom is -0.311 e. The summed E-state index contributed by atoms with van der Waals surface area (Å²) >= 11 is 6.20. The highest BCUT2D eigenvalue weighted by molar-refractivity contribution is 6.30. The molecule has 3 unspecified atom stereocenters. The monoisotopic (exact) mass is 386 g/mol. The zero-order valence-electron chi connectivity index (χ0n) is 17.0. The lowest BCUT2D eigenvalue weighted by Gasteiger charge is -2.64. The van der Waals surface area contributed by atoms with Crippen LogP contribution >= 0.6 is 11.6 Å². The molecule has 5 aliphatic rings. The van der Waals surface area contributed by atoms with E-state index in [2.05, 4.69) is 48.5 Å². The Bertz CT molecular complexity index is 662. The van der Waals surface area contributed by atoms with E-state index in [1.165, 1.54) is 64.5 Å². The van der Waals surface area contributed by atoms with Crippen LogP contribution in [0.3, 0.4) is 0 Å². The molecule has 3 atom stereocenters. The van der Waals surface area contributed by atoms with Gasteiger partial charge in [-0.2, -0.15) is 0 Å². The van der Waals surface area contributed by atoms with Crippen LogP contribution in [0.4, 0.5) is 0 Å². The molecule has 0 spiro atoms. The summed E-state index contributed by atoms with van der Waals surface area (Å²) in [5, 5.41) is 5.00. The summed E-state index contributed by atoms with van der Waals surface area (Å²) in [6, 6.07) is 10.3. The van der Waals surface area contributed by atoms with Crippen molar-refractivity contribution in [1.29, 1.82) is 0 Å². The van der Waals surface area contributed by atoms with Crippen molar-refractivity contribution in [2.75, 3.05) is 20.1 Å². The van der Waals surface area contributed by atoms with Crippen LogP contribution in [0.15, 0.2) is 24.3 Å². The van der Waals surface area contributed by atoms with Gasteiger partial charge in [-0.1, -0.05) is 23.7 Å². The fraction of sp³-hybridized carbons (Fsp3) is 0.750. The predicted octanol–water partition coefficient (Wildman–Crippen LogP) is 5.25. The normalized spacial score (nSPS) is 40.4. The van der Waals surface area contributed by atoms with Gasteiger partial charge >= 0.3 is 0 Å². The third kappa shape index (κ3) is 3.26. The standard InChI is InChI=1S/C24H35ClN2/c1-17(26-22-7-9-27(2)10-8-22)23-12-18-11-19(13-23)15-24(14-18,16-23)20-3-5-21(25)6-4-20/h3-6,17-19,22,26H,7-16H2,1-2H3. The molecule has 4 aliphatic carbocycles.